The predicted octanol–water partition coefficient (Wildman–Crippen LogP) is 2.67. The summed E-state index contributed by atoms with van der Waals surface area (Å²) in [7, 11) is 0. The molecule has 0 N–H and O–H groups in total. The molecule has 1 aromatic rings. The molecule has 1 heterocycles. The van der Waals surface area contributed by atoms with Crippen LogP contribution in [-0.2, 0) is 0 Å². The zero-order valence-electron chi connectivity index (χ0n) is 6.38. The topological polar surface area (TPSA) is 56.0 Å². The van der Waals surface area contributed by atoms with Crippen LogP contribution >= 0.6 is 22.6 Å². The summed E-state index contributed by atoms with van der Waals surface area (Å²) in [5.74, 6) is -2.26. The zero-order chi connectivity index (χ0) is 10.9. The van der Waals surface area contributed by atoms with Gasteiger partial charge in [-0.15, -0.1) is 0 Å². The molecular formula is C6H2F3IN2O2. The first kappa shape index (κ1) is 11.1. The molecule has 76 valence electrons. The highest BCUT2D eigenvalue weighted by Crippen LogP contribution is 2.27. The van der Waals surface area contributed by atoms with Gasteiger partial charge in [0, 0.05) is 0 Å². The molecule has 0 amide bonds. The van der Waals surface area contributed by atoms with Gasteiger partial charge in [-0.3, -0.25) is 0 Å². The Bertz CT molecular complexity index is 386. The minimum absolute atomic E-state index is 0.121. The van der Waals surface area contributed by atoms with Crippen molar-refractivity contribution in [1.29, 1.82) is 0 Å². The predicted molar refractivity (Wildman–Crippen MR) is 48.5 cm³/mol. The van der Waals surface area contributed by atoms with Gasteiger partial charge in [-0.25, -0.2) is 8.78 Å². The van der Waals surface area contributed by atoms with Gasteiger partial charge in [-0.1, -0.05) is 0 Å². The molecule has 0 bridgehead atoms. The van der Waals surface area contributed by atoms with E-state index in [1.165, 1.54) is 22.6 Å². The Balaban J connectivity index is 3.31. The fourth-order valence-corrected chi connectivity index (χ4v) is 1.41. The van der Waals surface area contributed by atoms with Gasteiger partial charge < -0.3 is 10.1 Å². The monoisotopic (exact) mass is 318 g/mol. The van der Waals surface area contributed by atoms with Crippen molar-refractivity contribution >= 4 is 28.4 Å². The third kappa shape index (κ3) is 2.11. The van der Waals surface area contributed by atoms with E-state index in [1.807, 2.05) is 0 Å². The van der Waals surface area contributed by atoms with E-state index in [9.17, 15) is 23.3 Å². The van der Waals surface area contributed by atoms with Gasteiger partial charge in [-0.2, -0.15) is 4.39 Å². The molecule has 0 radical (unpaired) electrons. The quantitative estimate of drug-likeness (QED) is 0.365. The molecule has 1 rings (SSSR count). The molecule has 0 unspecified atom stereocenters. The van der Waals surface area contributed by atoms with Gasteiger partial charge >= 0.3 is 11.8 Å². The minimum Gasteiger partial charge on any atom is -0.358 e. The molecule has 0 aromatic carbocycles. The van der Waals surface area contributed by atoms with E-state index in [2.05, 4.69) is 4.98 Å². The SMILES string of the molecule is O=[N+]([O-])c1nc(F)c(C(F)F)cc1I. The molecule has 0 saturated carbocycles. The van der Waals surface area contributed by atoms with Gasteiger partial charge in [0.1, 0.15) is 9.13 Å². The van der Waals surface area contributed by atoms with Crippen LogP contribution in [-0.4, -0.2) is 9.91 Å². The number of nitrogens with zero attached hydrogens (tertiary/aromatic N) is 2. The van der Waals surface area contributed by atoms with Crippen LogP contribution in [0.3, 0.4) is 0 Å². The second kappa shape index (κ2) is 4.07. The number of hydrogen-bond acceptors (Lipinski definition) is 3. The van der Waals surface area contributed by atoms with Gasteiger partial charge in [0.15, 0.2) is 0 Å². The van der Waals surface area contributed by atoms with E-state index in [-0.39, 0.29) is 3.57 Å². The average Bonchev–Trinajstić information content (AvgIpc) is 2.07. The normalized spacial score (nSPS) is 10.6. The Hall–Kier alpha value is -0.930. The maximum absolute atomic E-state index is 12.7. The highest BCUT2D eigenvalue weighted by atomic mass is 127. The van der Waals surface area contributed by atoms with Crippen molar-refractivity contribution in [3.8, 4) is 0 Å². The van der Waals surface area contributed by atoms with Gasteiger partial charge in [0.05, 0.1) is 0 Å². The number of pyridine rings is 1. The highest BCUT2D eigenvalue weighted by molar-refractivity contribution is 14.1. The molecule has 0 aliphatic carbocycles. The van der Waals surface area contributed by atoms with Crippen molar-refractivity contribution in [2.45, 2.75) is 6.43 Å². The lowest BCUT2D eigenvalue weighted by Gasteiger charge is -2.00. The Labute approximate surface area is 89.4 Å². The summed E-state index contributed by atoms with van der Waals surface area (Å²) in [5.41, 5.74) is -0.931. The lowest BCUT2D eigenvalue weighted by molar-refractivity contribution is -0.390. The van der Waals surface area contributed by atoms with Crippen LogP contribution in [0.2, 0.25) is 0 Å². The van der Waals surface area contributed by atoms with Crippen LogP contribution in [0.25, 0.3) is 0 Å². The molecule has 0 aliphatic rings. The van der Waals surface area contributed by atoms with Crippen LogP contribution in [0, 0.1) is 19.6 Å². The Kier molecular flexibility index (Phi) is 3.24. The minimum atomic E-state index is -3.03. The summed E-state index contributed by atoms with van der Waals surface area (Å²) in [6.45, 7) is 0. The first-order chi connectivity index (χ1) is 6.43. The lowest BCUT2D eigenvalue weighted by atomic mass is 10.3. The van der Waals surface area contributed by atoms with E-state index >= 15 is 0 Å². The van der Waals surface area contributed by atoms with Gasteiger partial charge in [0.2, 0.25) is 0 Å². The molecule has 0 atom stereocenters. The smallest absolute Gasteiger partial charge is 0.358 e. The fourth-order valence-electron chi connectivity index (χ4n) is 0.753. The zero-order valence-corrected chi connectivity index (χ0v) is 8.53. The van der Waals surface area contributed by atoms with Crippen molar-refractivity contribution in [1.82, 2.24) is 4.98 Å². The highest BCUT2D eigenvalue weighted by Gasteiger charge is 2.24. The molecule has 0 saturated heterocycles. The molecule has 0 fully saturated rings. The summed E-state index contributed by atoms with van der Waals surface area (Å²) in [4.78, 5) is 12.1. The molecular weight excluding hydrogens is 316 g/mol. The Morgan fingerprint density at radius 3 is 2.57 bits per heavy atom. The number of halogens is 4. The summed E-state index contributed by atoms with van der Waals surface area (Å²) in [6.07, 6.45) is -3.03. The van der Waals surface area contributed by atoms with E-state index in [4.69, 9.17) is 0 Å². The number of nitro groups is 1. The van der Waals surface area contributed by atoms with Crippen LogP contribution < -0.4 is 0 Å². The van der Waals surface area contributed by atoms with E-state index in [1.54, 1.807) is 0 Å². The second-order valence-corrected chi connectivity index (χ2v) is 3.39. The van der Waals surface area contributed by atoms with Crippen molar-refractivity contribution in [2.75, 3.05) is 0 Å². The number of aromatic nitrogens is 1. The van der Waals surface area contributed by atoms with Crippen molar-refractivity contribution < 1.29 is 18.1 Å². The molecule has 1 aromatic heterocycles. The number of hydrogen-bond donors (Lipinski definition) is 0. The molecule has 0 spiro atoms. The lowest BCUT2D eigenvalue weighted by Crippen LogP contribution is -2.02. The van der Waals surface area contributed by atoms with Gasteiger partial charge in [-0.05, 0) is 38.6 Å². The first-order valence-corrected chi connectivity index (χ1v) is 4.30. The van der Waals surface area contributed by atoms with Crippen LogP contribution in [0.15, 0.2) is 6.07 Å². The van der Waals surface area contributed by atoms with Crippen LogP contribution in [0.4, 0.5) is 19.0 Å². The maximum atomic E-state index is 12.7. The summed E-state index contributed by atoms with van der Waals surface area (Å²) >= 11 is 1.45. The molecule has 14 heavy (non-hydrogen) atoms. The Morgan fingerprint density at radius 1 is 1.57 bits per heavy atom. The van der Waals surface area contributed by atoms with Crippen molar-refractivity contribution in [3.63, 3.8) is 0 Å². The van der Waals surface area contributed by atoms with E-state index in [0.717, 1.165) is 0 Å². The fraction of sp³-hybridized carbons (Fsp3) is 0.167. The summed E-state index contributed by atoms with van der Waals surface area (Å²) < 4.78 is 36.8. The van der Waals surface area contributed by atoms with Crippen LogP contribution in [0.1, 0.15) is 12.0 Å². The summed E-state index contributed by atoms with van der Waals surface area (Å²) in [6, 6.07) is 0.714. The number of rotatable bonds is 2. The summed E-state index contributed by atoms with van der Waals surface area (Å²) in [5, 5.41) is 10.2. The molecule has 8 heteroatoms. The standard InChI is InChI=1S/C6H2F3IN2O2/c7-4(8)2-1-3(10)6(12(13)14)11-5(2)9/h1,4H. The van der Waals surface area contributed by atoms with E-state index < -0.39 is 28.7 Å². The average molecular weight is 318 g/mol. The third-order valence-electron chi connectivity index (χ3n) is 1.35. The van der Waals surface area contributed by atoms with Crippen molar-refractivity contribution in [2.24, 2.45) is 0 Å². The number of alkyl halides is 2. The largest absolute Gasteiger partial charge is 0.380 e. The van der Waals surface area contributed by atoms with Crippen LogP contribution in [0.5, 0.6) is 0 Å². The van der Waals surface area contributed by atoms with Crippen molar-refractivity contribution in [3.05, 3.63) is 31.3 Å². The second-order valence-electron chi connectivity index (χ2n) is 2.23. The van der Waals surface area contributed by atoms with E-state index in [0.29, 0.717) is 6.07 Å². The van der Waals surface area contributed by atoms with Gasteiger partial charge in [0.25, 0.3) is 6.43 Å². The Morgan fingerprint density at radius 2 is 2.14 bits per heavy atom. The molecule has 4 nitrogen and oxygen atoms in total. The first-order valence-electron chi connectivity index (χ1n) is 3.22. The molecule has 0 aliphatic heterocycles. The maximum Gasteiger partial charge on any atom is 0.380 e. The third-order valence-corrected chi connectivity index (χ3v) is 2.14.